The van der Waals surface area contributed by atoms with Gasteiger partial charge in [0.1, 0.15) is 0 Å². The number of piperazine rings is 1. The minimum Gasteiger partial charge on any atom is -0.298 e. The molecule has 0 spiro atoms. The zero-order valence-corrected chi connectivity index (χ0v) is 11.1. The Morgan fingerprint density at radius 1 is 1.12 bits per heavy atom. The molecule has 16 heavy (non-hydrogen) atoms. The third kappa shape index (κ3) is 3.50. The minimum atomic E-state index is 0.828. The average Bonchev–Trinajstić information content (AvgIpc) is 2.29. The molecule has 1 aliphatic heterocycles. The second kappa shape index (κ2) is 6.93. The number of terminal acetylenes is 1. The number of nitrogens with zero attached hydrogens (tertiary/aromatic N) is 2. The molecule has 2 nitrogen and oxygen atoms in total. The smallest absolute Gasteiger partial charge is 0.0599 e. The molecule has 2 rings (SSSR count). The second-order valence-corrected chi connectivity index (χ2v) is 4.75. The van der Waals surface area contributed by atoms with Crippen LogP contribution >= 0.6 is 0 Å². The van der Waals surface area contributed by atoms with Crippen molar-refractivity contribution in [1.29, 1.82) is 0 Å². The van der Waals surface area contributed by atoms with Gasteiger partial charge >= 0.3 is 0 Å². The first-order valence-electron chi connectivity index (χ1n) is 6.69. The van der Waals surface area contributed by atoms with E-state index >= 15 is 0 Å². The molecule has 1 heterocycles. The van der Waals surface area contributed by atoms with Crippen LogP contribution in [0.2, 0.25) is 0 Å². The largest absolute Gasteiger partial charge is 0.298 e. The first kappa shape index (κ1) is 13.5. The predicted octanol–water partition coefficient (Wildman–Crippen LogP) is 2.06. The van der Waals surface area contributed by atoms with Crippen LogP contribution in [0.15, 0.2) is 0 Å². The molecule has 0 radical (unpaired) electrons. The van der Waals surface area contributed by atoms with Gasteiger partial charge in [-0.05, 0) is 18.8 Å². The van der Waals surface area contributed by atoms with Crippen LogP contribution in [0.4, 0.5) is 0 Å². The molecule has 0 amide bonds. The highest BCUT2D eigenvalue weighted by atomic mass is 15.3. The van der Waals surface area contributed by atoms with Gasteiger partial charge in [0.05, 0.1) is 6.54 Å². The van der Waals surface area contributed by atoms with Crippen LogP contribution in [0.3, 0.4) is 0 Å². The Bertz CT molecular complexity index is 217. The SMILES string of the molecule is C#CCN1CCN(C2CC(C)C2)CC1.CC. The summed E-state index contributed by atoms with van der Waals surface area (Å²) in [5.41, 5.74) is 0. The monoisotopic (exact) mass is 222 g/mol. The topological polar surface area (TPSA) is 6.48 Å². The molecule has 0 bridgehead atoms. The molecule has 0 aromatic rings. The van der Waals surface area contributed by atoms with Gasteiger partial charge < -0.3 is 0 Å². The van der Waals surface area contributed by atoms with Crippen LogP contribution in [-0.4, -0.2) is 48.6 Å². The molecule has 92 valence electrons. The van der Waals surface area contributed by atoms with Crippen molar-refractivity contribution in [1.82, 2.24) is 9.80 Å². The van der Waals surface area contributed by atoms with E-state index < -0.39 is 0 Å². The lowest BCUT2D eigenvalue weighted by Gasteiger charge is -2.45. The molecule has 1 saturated heterocycles. The van der Waals surface area contributed by atoms with Crippen molar-refractivity contribution in [3.63, 3.8) is 0 Å². The quantitative estimate of drug-likeness (QED) is 0.660. The Labute approximate surface area is 101 Å². The molecule has 2 heteroatoms. The fourth-order valence-electron chi connectivity index (χ4n) is 2.57. The van der Waals surface area contributed by atoms with Crippen molar-refractivity contribution in [2.24, 2.45) is 5.92 Å². The molecule has 0 aromatic carbocycles. The van der Waals surface area contributed by atoms with E-state index in [4.69, 9.17) is 6.42 Å². The van der Waals surface area contributed by atoms with Gasteiger partial charge in [0.15, 0.2) is 0 Å². The Kier molecular flexibility index (Phi) is 5.87. The Hall–Kier alpha value is -0.520. The zero-order valence-electron chi connectivity index (χ0n) is 11.1. The fourth-order valence-corrected chi connectivity index (χ4v) is 2.57. The fraction of sp³-hybridized carbons (Fsp3) is 0.857. The van der Waals surface area contributed by atoms with Crippen molar-refractivity contribution >= 4 is 0 Å². The van der Waals surface area contributed by atoms with Crippen LogP contribution in [0.5, 0.6) is 0 Å². The molecule has 1 aliphatic carbocycles. The maximum Gasteiger partial charge on any atom is 0.0599 e. The number of rotatable bonds is 2. The molecule has 0 atom stereocenters. The van der Waals surface area contributed by atoms with Crippen molar-refractivity contribution < 1.29 is 0 Å². The molecular weight excluding hydrogens is 196 g/mol. The van der Waals surface area contributed by atoms with E-state index in [-0.39, 0.29) is 0 Å². The molecule has 0 aromatic heterocycles. The summed E-state index contributed by atoms with van der Waals surface area (Å²) in [6, 6.07) is 0.887. The third-order valence-electron chi connectivity index (χ3n) is 3.59. The van der Waals surface area contributed by atoms with Crippen LogP contribution in [0.1, 0.15) is 33.6 Å². The number of hydrogen-bond donors (Lipinski definition) is 0. The maximum absolute atomic E-state index is 5.30. The van der Waals surface area contributed by atoms with Gasteiger partial charge in [0.2, 0.25) is 0 Å². The summed E-state index contributed by atoms with van der Waals surface area (Å²) >= 11 is 0. The van der Waals surface area contributed by atoms with E-state index in [1.165, 1.54) is 25.9 Å². The van der Waals surface area contributed by atoms with E-state index in [1.807, 2.05) is 13.8 Å². The van der Waals surface area contributed by atoms with Gasteiger partial charge in [-0.2, -0.15) is 0 Å². The average molecular weight is 222 g/mol. The van der Waals surface area contributed by atoms with E-state index in [0.29, 0.717) is 0 Å². The summed E-state index contributed by atoms with van der Waals surface area (Å²) < 4.78 is 0. The minimum absolute atomic E-state index is 0.828. The standard InChI is InChI=1S/C12H20N2.C2H6/c1-3-4-13-5-7-14(8-6-13)12-9-11(2)10-12;1-2/h1,11-12H,4-10H2,2H3;1-2H3. The van der Waals surface area contributed by atoms with Gasteiger partial charge in [-0.1, -0.05) is 26.7 Å². The molecular formula is C14H26N2. The third-order valence-corrected chi connectivity index (χ3v) is 3.59. The molecule has 0 unspecified atom stereocenters. The van der Waals surface area contributed by atoms with Gasteiger partial charge in [0.25, 0.3) is 0 Å². The number of hydrogen-bond acceptors (Lipinski definition) is 2. The van der Waals surface area contributed by atoms with Crippen molar-refractivity contribution in [2.45, 2.75) is 39.7 Å². The lowest BCUT2D eigenvalue weighted by atomic mass is 9.80. The van der Waals surface area contributed by atoms with Crippen molar-refractivity contribution in [3.05, 3.63) is 0 Å². The van der Waals surface area contributed by atoms with Crippen LogP contribution in [0.25, 0.3) is 0 Å². The van der Waals surface area contributed by atoms with Gasteiger partial charge in [-0.15, -0.1) is 6.42 Å². The summed E-state index contributed by atoms with van der Waals surface area (Å²) in [4.78, 5) is 5.02. The highest BCUT2D eigenvalue weighted by Crippen LogP contribution is 2.31. The van der Waals surface area contributed by atoms with E-state index in [9.17, 15) is 0 Å². The van der Waals surface area contributed by atoms with Crippen molar-refractivity contribution in [2.75, 3.05) is 32.7 Å². The first-order chi connectivity index (χ1) is 7.79. The summed E-state index contributed by atoms with van der Waals surface area (Å²) in [7, 11) is 0. The molecule has 2 aliphatic rings. The summed E-state index contributed by atoms with van der Waals surface area (Å²) in [6.45, 7) is 11.9. The molecule has 0 N–H and O–H groups in total. The Morgan fingerprint density at radius 2 is 1.69 bits per heavy atom. The van der Waals surface area contributed by atoms with Gasteiger partial charge in [-0.25, -0.2) is 0 Å². The van der Waals surface area contributed by atoms with Gasteiger partial charge in [0, 0.05) is 32.2 Å². The molecule has 1 saturated carbocycles. The summed E-state index contributed by atoms with van der Waals surface area (Å²) in [5.74, 6) is 3.69. The Balaban J connectivity index is 0.000000606. The lowest BCUT2D eigenvalue weighted by molar-refractivity contribution is 0.0422. The van der Waals surface area contributed by atoms with Gasteiger partial charge in [-0.3, -0.25) is 9.80 Å². The summed E-state index contributed by atoms with van der Waals surface area (Å²) in [5, 5.41) is 0. The zero-order chi connectivity index (χ0) is 12.0. The maximum atomic E-state index is 5.30. The van der Waals surface area contributed by atoms with Crippen LogP contribution in [-0.2, 0) is 0 Å². The lowest BCUT2D eigenvalue weighted by Crippen LogP contribution is -2.53. The first-order valence-corrected chi connectivity index (χ1v) is 6.69. The van der Waals surface area contributed by atoms with E-state index in [1.54, 1.807) is 0 Å². The van der Waals surface area contributed by atoms with E-state index in [2.05, 4.69) is 22.6 Å². The highest BCUT2D eigenvalue weighted by molar-refractivity contribution is 4.92. The van der Waals surface area contributed by atoms with E-state index in [0.717, 1.165) is 31.6 Å². The highest BCUT2D eigenvalue weighted by Gasteiger charge is 2.32. The Morgan fingerprint density at radius 3 is 2.12 bits per heavy atom. The van der Waals surface area contributed by atoms with Crippen molar-refractivity contribution in [3.8, 4) is 12.3 Å². The summed E-state index contributed by atoms with van der Waals surface area (Å²) in [6.07, 6.45) is 8.13. The predicted molar refractivity (Wildman–Crippen MR) is 70.4 cm³/mol. The van der Waals surface area contributed by atoms with Crippen LogP contribution in [0, 0.1) is 18.3 Å². The molecule has 2 fully saturated rings. The van der Waals surface area contributed by atoms with Crippen LogP contribution < -0.4 is 0 Å². The normalized spacial score (nSPS) is 30.9. The second-order valence-electron chi connectivity index (χ2n) is 4.75.